The van der Waals surface area contributed by atoms with Gasteiger partial charge in [0.15, 0.2) is 0 Å². The number of carbonyl (C=O) groups excluding carboxylic acids is 1. The lowest BCUT2D eigenvalue weighted by Gasteiger charge is -2.13. The number of sulfonamides is 1. The number of alkyl halides is 3. The second-order valence-electron chi connectivity index (χ2n) is 6.53. The van der Waals surface area contributed by atoms with Crippen LogP contribution in [0.2, 0.25) is 5.02 Å². The summed E-state index contributed by atoms with van der Waals surface area (Å²) in [4.78, 5) is 11.9. The minimum Gasteiger partial charge on any atom is -0.326 e. The van der Waals surface area contributed by atoms with Crippen molar-refractivity contribution < 1.29 is 26.4 Å². The molecule has 0 aliphatic carbocycles. The summed E-state index contributed by atoms with van der Waals surface area (Å²) >= 11 is 5.55. The van der Waals surface area contributed by atoms with E-state index in [1.54, 1.807) is 0 Å². The fraction of sp³-hybridized carbons (Fsp3) is 0.0952. The molecule has 0 aliphatic rings. The van der Waals surface area contributed by atoms with E-state index in [0.717, 1.165) is 17.7 Å². The van der Waals surface area contributed by atoms with Gasteiger partial charge in [0.25, 0.3) is 10.0 Å². The molecule has 2 N–H and O–H groups in total. The number of halogens is 4. The molecule has 0 aromatic heterocycles. The summed E-state index contributed by atoms with van der Waals surface area (Å²) in [6.45, 7) is 0. The largest absolute Gasteiger partial charge is 0.417 e. The lowest BCUT2D eigenvalue weighted by Crippen LogP contribution is -2.16. The molecule has 0 bridgehead atoms. The van der Waals surface area contributed by atoms with Crippen LogP contribution in [-0.4, -0.2) is 14.3 Å². The topological polar surface area (TPSA) is 75.3 Å². The molecule has 162 valence electrons. The number of hydrogen-bond acceptors (Lipinski definition) is 3. The first kappa shape index (κ1) is 22.6. The van der Waals surface area contributed by atoms with E-state index in [0.29, 0.717) is 11.8 Å². The Morgan fingerprint density at radius 1 is 0.903 bits per heavy atom. The number of carbonyl (C=O) groups is 1. The molecule has 0 saturated heterocycles. The zero-order valence-electron chi connectivity index (χ0n) is 15.8. The summed E-state index contributed by atoms with van der Waals surface area (Å²) in [6, 6.07) is 17.1. The molecule has 0 atom stereocenters. The second-order valence-corrected chi connectivity index (χ2v) is 8.62. The lowest BCUT2D eigenvalue weighted by atomic mass is 10.1. The Hall–Kier alpha value is -3.04. The monoisotopic (exact) mass is 468 g/mol. The number of rotatable bonds is 6. The lowest BCUT2D eigenvalue weighted by molar-refractivity contribution is -0.137. The highest BCUT2D eigenvalue weighted by Crippen LogP contribution is 2.36. The summed E-state index contributed by atoms with van der Waals surface area (Å²) < 4.78 is 66.0. The Morgan fingerprint density at radius 2 is 1.52 bits per heavy atom. The number of amides is 1. The first-order chi connectivity index (χ1) is 14.5. The van der Waals surface area contributed by atoms with E-state index in [9.17, 15) is 26.4 Å². The smallest absolute Gasteiger partial charge is 0.326 e. The van der Waals surface area contributed by atoms with E-state index in [2.05, 4.69) is 10.0 Å². The van der Waals surface area contributed by atoms with Crippen LogP contribution in [0.4, 0.5) is 24.5 Å². The molecule has 31 heavy (non-hydrogen) atoms. The van der Waals surface area contributed by atoms with Crippen LogP contribution in [0.15, 0.2) is 77.7 Å². The average Bonchev–Trinajstić information content (AvgIpc) is 2.69. The third-order valence-electron chi connectivity index (χ3n) is 4.18. The Bertz CT molecular complexity index is 1180. The average molecular weight is 469 g/mol. The number of benzene rings is 3. The fourth-order valence-corrected chi connectivity index (χ4v) is 4.00. The highest BCUT2D eigenvalue weighted by Gasteiger charge is 2.33. The molecule has 0 saturated carbocycles. The third kappa shape index (κ3) is 5.99. The standard InChI is InChI=1S/C21H16ClF3N2O3S/c22-19-11-8-16(13-18(19)21(23,24)25)27-31(29,30)17-9-6-15(7-10-17)26-20(28)12-14-4-2-1-3-5-14/h1-11,13,27H,12H2,(H,26,28). The molecular weight excluding hydrogens is 453 g/mol. The van der Waals surface area contributed by atoms with Gasteiger partial charge in [-0.15, -0.1) is 0 Å². The van der Waals surface area contributed by atoms with Crippen LogP contribution in [-0.2, 0) is 27.4 Å². The van der Waals surface area contributed by atoms with Crippen molar-refractivity contribution in [2.24, 2.45) is 0 Å². The van der Waals surface area contributed by atoms with Crippen LogP contribution < -0.4 is 10.0 Å². The quantitative estimate of drug-likeness (QED) is 0.512. The van der Waals surface area contributed by atoms with Gasteiger partial charge in [-0.1, -0.05) is 41.9 Å². The molecule has 0 spiro atoms. The summed E-state index contributed by atoms with van der Waals surface area (Å²) in [5.41, 5.74) is -0.224. The van der Waals surface area contributed by atoms with Gasteiger partial charge in [0, 0.05) is 11.4 Å². The van der Waals surface area contributed by atoms with Gasteiger partial charge in [-0.05, 0) is 48.0 Å². The van der Waals surface area contributed by atoms with Gasteiger partial charge in [0.1, 0.15) is 0 Å². The Kier molecular flexibility index (Phi) is 6.56. The summed E-state index contributed by atoms with van der Waals surface area (Å²) in [5.74, 6) is -0.277. The van der Waals surface area contributed by atoms with Gasteiger partial charge in [0.2, 0.25) is 5.91 Å². The maximum Gasteiger partial charge on any atom is 0.417 e. The molecule has 0 unspecified atom stereocenters. The summed E-state index contributed by atoms with van der Waals surface area (Å²) in [6.07, 6.45) is -4.57. The third-order valence-corrected chi connectivity index (χ3v) is 5.91. The van der Waals surface area contributed by atoms with Gasteiger partial charge in [-0.2, -0.15) is 13.2 Å². The molecule has 0 aliphatic heterocycles. The van der Waals surface area contributed by atoms with Gasteiger partial charge < -0.3 is 5.32 Å². The molecular formula is C21H16ClF3N2O3S. The van der Waals surface area contributed by atoms with Crippen molar-refractivity contribution in [3.63, 3.8) is 0 Å². The van der Waals surface area contributed by atoms with Crippen molar-refractivity contribution in [3.8, 4) is 0 Å². The molecule has 3 aromatic carbocycles. The molecule has 0 fully saturated rings. The Balaban J connectivity index is 1.71. The zero-order valence-corrected chi connectivity index (χ0v) is 17.4. The zero-order chi connectivity index (χ0) is 22.6. The van der Waals surface area contributed by atoms with Crippen molar-refractivity contribution in [2.75, 3.05) is 10.0 Å². The van der Waals surface area contributed by atoms with E-state index in [1.165, 1.54) is 24.3 Å². The highest BCUT2D eigenvalue weighted by atomic mass is 35.5. The molecule has 3 rings (SSSR count). The molecule has 0 radical (unpaired) electrons. The SMILES string of the molecule is O=C(Cc1ccccc1)Nc1ccc(S(=O)(=O)Nc2ccc(Cl)c(C(F)(F)F)c2)cc1. The van der Waals surface area contributed by atoms with Crippen molar-refractivity contribution in [2.45, 2.75) is 17.5 Å². The minimum absolute atomic E-state index is 0.153. The van der Waals surface area contributed by atoms with Crippen molar-refractivity contribution in [3.05, 3.63) is 88.9 Å². The predicted molar refractivity (Wildman–Crippen MR) is 112 cm³/mol. The van der Waals surface area contributed by atoms with Crippen LogP contribution in [0.1, 0.15) is 11.1 Å². The van der Waals surface area contributed by atoms with Gasteiger partial charge in [0.05, 0.1) is 21.9 Å². The van der Waals surface area contributed by atoms with Crippen LogP contribution >= 0.6 is 11.6 Å². The normalized spacial score (nSPS) is 11.7. The maximum atomic E-state index is 13.0. The van der Waals surface area contributed by atoms with E-state index in [1.807, 2.05) is 30.3 Å². The van der Waals surface area contributed by atoms with Crippen LogP contribution in [0, 0.1) is 0 Å². The van der Waals surface area contributed by atoms with Crippen LogP contribution in [0.5, 0.6) is 0 Å². The predicted octanol–water partition coefficient (Wildman–Crippen LogP) is 5.34. The fourth-order valence-electron chi connectivity index (χ4n) is 2.72. The number of hydrogen-bond donors (Lipinski definition) is 2. The van der Waals surface area contributed by atoms with Crippen molar-refractivity contribution in [1.82, 2.24) is 0 Å². The van der Waals surface area contributed by atoms with Crippen LogP contribution in [0.3, 0.4) is 0 Å². The molecule has 0 heterocycles. The van der Waals surface area contributed by atoms with Gasteiger partial charge in [-0.25, -0.2) is 8.42 Å². The van der Waals surface area contributed by atoms with Gasteiger partial charge >= 0.3 is 6.18 Å². The molecule has 3 aromatic rings. The maximum absolute atomic E-state index is 13.0. The number of anilines is 2. The van der Waals surface area contributed by atoms with E-state index < -0.39 is 26.8 Å². The van der Waals surface area contributed by atoms with Crippen molar-refractivity contribution >= 4 is 38.9 Å². The van der Waals surface area contributed by atoms with Crippen molar-refractivity contribution in [1.29, 1.82) is 0 Å². The molecule has 10 heteroatoms. The van der Waals surface area contributed by atoms with E-state index >= 15 is 0 Å². The van der Waals surface area contributed by atoms with Crippen LogP contribution in [0.25, 0.3) is 0 Å². The summed E-state index contributed by atoms with van der Waals surface area (Å²) in [7, 11) is -4.16. The van der Waals surface area contributed by atoms with E-state index in [-0.39, 0.29) is 22.9 Å². The molecule has 1 amide bonds. The Labute approximate surface area is 181 Å². The summed E-state index contributed by atoms with van der Waals surface area (Å²) in [5, 5.41) is 2.12. The Morgan fingerprint density at radius 3 is 2.13 bits per heavy atom. The second kappa shape index (κ2) is 8.99. The first-order valence-electron chi connectivity index (χ1n) is 8.88. The first-order valence-corrected chi connectivity index (χ1v) is 10.7. The highest BCUT2D eigenvalue weighted by molar-refractivity contribution is 7.92. The number of nitrogens with one attached hydrogen (secondary N) is 2. The molecule has 5 nitrogen and oxygen atoms in total. The van der Waals surface area contributed by atoms with E-state index in [4.69, 9.17) is 11.6 Å². The van der Waals surface area contributed by atoms with Gasteiger partial charge in [-0.3, -0.25) is 9.52 Å². The minimum atomic E-state index is -4.72.